The first-order chi connectivity index (χ1) is 8.52. The number of esters is 1. The van der Waals surface area contributed by atoms with Gasteiger partial charge in [0.05, 0.1) is 13.0 Å². The molecular weight excluding hydrogens is 235 g/mol. The predicted octanol–water partition coefficient (Wildman–Crippen LogP) is 2.59. The molecule has 0 fully saturated rings. The van der Waals surface area contributed by atoms with Crippen LogP contribution in [0.4, 0.5) is 4.39 Å². The molecule has 0 saturated carbocycles. The van der Waals surface area contributed by atoms with Crippen LogP contribution in [0, 0.1) is 12.7 Å². The van der Waals surface area contributed by atoms with Crippen molar-refractivity contribution in [1.29, 1.82) is 0 Å². The number of ether oxygens (including phenoxy) is 1. The number of Topliss-reactive ketones (excluding diaryl/α,β-unsaturated/α-hetero) is 1. The molecule has 0 amide bonds. The van der Waals surface area contributed by atoms with Crippen LogP contribution in [0.1, 0.15) is 30.9 Å². The molecule has 0 atom stereocenters. The first-order valence-electron chi connectivity index (χ1n) is 5.95. The largest absolute Gasteiger partial charge is 0.466 e. The average Bonchev–Trinajstić information content (AvgIpc) is 2.32. The van der Waals surface area contributed by atoms with Gasteiger partial charge in [0, 0.05) is 12.8 Å². The van der Waals surface area contributed by atoms with Crippen LogP contribution in [0.15, 0.2) is 18.2 Å². The Morgan fingerprint density at radius 1 is 1.28 bits per heavy atom. The lowest BCUT2D eigenvalue weighted by Crippen LogP contribution is -2.09. The van der Waals surface area contributed by atoms with E-state index in [1.54, 1.807) is 26.0 Å². The average molecular weight is 252 g/mol. The fraction of sp³-hybridized carbons (Fsp3) is 0.429. The highest BCUT2D eigenvalue weighted by Gasteiger charge is 2.09. The SMILES string of the molecule is CCOC(=O)CCC(=O)Cc1ccc(C)c(F)c1. The van der Waals surface area contributed by atoms with E-state index in [4.69, 9.17) is 4.74 Å². The van der Waals surface area contributed by atoms with Gasteiger partial charge in [-0.1, -0.05) is 12.1 Å². The van der Waals surface area contributed by atoms with Crippen molar-refractivity contribution in [1.82, 2.24) is 0 Å². The minimum Gasteiger partial charge on any atom is -0.466 e. The van der Waals surface area contributed by atoms with Crippen LogP contribution in [-0.4, -0.2) is 18.4 Å². The lowest BCUT2D eigenvalue weighted by Gasteiger charge is -2.03. The third kappa shape index (κ3) is 4.65. The van der Waals surface area contributed by atoms with Crippen LogP contribution >= 0.6 is 0 Å². The summed E-state index contributed by atoms with van der Waals surface area (Å²) in [6.45, 7) is 3.70. The van der Waals surface area contributed by atoms with E-state index in [2.05, 4.69) is 0 Å². The zero-order chi connectivity index (χ0) is 13.5. The van der Waals surface area contributed by atoms with Crippen molar-refractivity contribution in [3.8, 4) is 0 Å². The maximum Gasteiger partial charge on any atom is 0.306 e. The summed E-state index contributed by atoms with van der Waals surface area (Å²) in [5, 5.41) is 0. The Morgan fingerprint density at radius 2 is 2.00 bits per heavy atom. The topological polar surface area (TPSA) is 43.4 Å². The number of ketones is 1. The maximum atomic E-state index is 13.3. The molecule has 0 aliphatic heterocycles. The smallest absolute Gasteiger partial charge is 0.306 e. The van der Waals surface area contributed by atoms with Gasteiger partial charge in [0.1, 0.15) is 11.6 Å². The van der Waals surface area contributed by atoms with E-state index >= 15 is 0 Å². The Kier molecular flexibility index (Phi) is 5.49. The second-order valence-electron chi connectivity index (χ2n) is 4.10. The van der Waals surface area contributed by atoms with Crippen molar-refractivity contribution in [3.63, 3.8) is 0 Å². The van der Waals surface area contributed by atoms with Gasteiger partial charge in [-0.05, 0) is 31.0 Å². The lowest BCUT2D eigenvalue weighted by molar-refractivity contribution is -0.144. The molecule has 18 heavy (non-hydrogen) atoms. The van der Waals surface area contributed by atoms with Crippen LogP contribution in [-0.2, 0) is 20.7 Å². The van der Waals surface area contributed by atoms with E-state index in [1.165, 1.54) is 6.07 Å². The molecule has 0 bridgehead atoms. The number of hydrogen-bond donors (Lipinski definition) is 0. The van der Waals surface area contributed by atoms with Gasteiger partial charge in [0.2, 0.25) is 0 Å². The second kappa shape index (κ2) is 6.89. The Morgan fingerprint density at radius 3 is 2.61 bits per heavy atom. The number of halogens is 1. The van der Waals surface area contributed by atoms with Gasteiger partial charge >= 0.3 is 5.97 Å². The van der Waals surface area contributed by atoms with Crippen molar-refractivity contribution in [2.45, 2.75) is 33.1 Å². The molecule has 0 radical (unpaired) electrons. The van der Waals surface area contributed by atoms with Crippen LogP contribution in [0.3, 0.4) is 0 Å². The Bertz CT molecular complexity index is 441. The van der Waals surface area contributed by atoms with E-state index in [0.29, 0.717) is 17.7 Å². The van der Waals surface area contributed by atoms with E-state index in [9.17, 15) is 14.0 Å². The van der Waals surface area contributed by atoms with Crippen LogP contribution in [0.25, 0.3) is 0 Å². The number of benzene rings is 1. The summed E-state index contributed by atoms with van der Waals surface area (Å²) in [5.41, 5.74) is 1.18. The highest BCUT2D eigenvalue weighted by atomic mass is 19.1. The summed E-state index contributed by atoms with van der Waals surface area (Å²) < 4.78 is 18.0. The fourth-order valence-corrected chi connectivity index (χ4v) is 1.54. The molecular formula is C14H17FO3. The number of hydrogen-bond acceptors (Lipinski definition) is 3. The Balaban J connectivity index is 2.44. The van der Waals surface area contributed by atoms with Gasteiger partial charge in [-0.3, -0.25) is 9.59 Å². The number of carbonyl (C=O) groups is 2. The van der Waals surface area contributed by atoms with E-state index in [1.807, 2.05) is 0 Å². The number of rotatable bonds is 6. The summed E-state index contributed by atoms with van der Waals surface area (Å²) in [6.07, 6.45) is 0.367. The Hall–Kier alpha value is -1.71. The van der Waals surface area contributed by atoms with Crippen LogP contribution in [0.2, 0.25) is 0 Å². The zero-order valence-electron chi connectivity index (χ0n) is 10.7. The quantitative estimate of drug-likeness (QED) is 0.731. The van der Waals surface area contributed by atoms with E-state index in [0.717, 1.165) is 0 Å². The molecule has 0 unspecified atom stereocenters. The van der Waals surface area contributed by atoms with Gasteiger partial charge in [-0.2, -0.15) is 0 Å². The monoisotopic (exact) mass is 252 g/mol. The molecule has 0 aliphatic rings. The zero-order valence-corrected chi connectivity index (χ0v) is 10.7. The van der Waals surface area contributed by atoms with Gasteiger partial charge < -0.3 is 4.74 Å². The molecule has 1 aromatic carbocycles. The van der Waals surface area contributed by atoms with Gasteiger partial charge in [-0.25, -0.2) is 4.39 Å². The summed E-state index contributed by atoms with van der Waals surface area (Å²) in [6, 6.07) is 4.72. The summed E-state index contributed by atoms with van der Waals surface area (Å²) >= 11 is 0. The minimum absolute atomic E-state index is 0.0843. The molecule has 1 rings (SSSR count). The van der Waals surface area contributed by atoms with Crippen molar-refractivity contribution in [2.75, 3.05) is 6.61 Å². The van der Waals surface area contributed by atoms with Gasteiger partial charge in [-0.15, -0.1) is 0 Å². The van der Waals surface area contributed by atoms with Crippen LogP contribution in [0.5, 0.6) is 0 Å². The third-order valence-corrected chi connectivity index (χ3v) is 2.55. The standard InChI is InChI=1S/C14H17FO3/c1-3-18-14(17)7-6-12(16)8-11-5-4-10(2)13(15)9-11/h4-5,9H,3,6-8H2,1-2H3. The van der Waals surface area contributed by atoms with Crippen molar-refractivity contribution < 1.29 is 18.7 Å². The maximum absolute atomic E-state index is 13.3. The van der Waals surface area contributed by atoms with Crippen LogP contribution < -0.4 is 0 Å². The highest BCUT2D eigenvalue weighted by Crippen LogP contribution is 2.11. The second-order valence-corrected chi connectivity index (χ2v) is 4.10. The molecule has 0 spiro atoms. The normalized spacial score (nSPS) is 10.2. The third-order valence-electron chi connectivity index (χ3n) is 2.55. The fourth-order valence-electron chi connectivity index (χ4n) is 1.54. The van der Waals surface area contributed by atoms with Crippen molar-refractivity contribution in [3.05, 3.63) is 35.1 Å². The first-order valence-corrected chi connectivity index (χ1v) is 5.95. The summed E-state index contributed by atoms with van der Waals surface area (Å²) in [5.74, 6) is -0.780. The molecule has 3 nitrogen and oxygen atoms in total. The first kappa shape index (κ1) is 14.4. The summed E-state index contributed by atoms with van der Waals surface area (Å²) in [7, 11) is 0. The van der Waals surface area contributed by atoms with E-state index < -0.39 is 0 Å². The molecule has 1 aromatic rings. The molecule has 0 heterocycles. The molecule has 98 valence electrons. The summed E-state index contributed by atoms with van der Waals surface area (Å²) in [4.78, 5) is 22.7. The Labute approximate surface area is 106 Å². The molecule has 0 N–H and O–H groups in total. The molecule has 0 aliphatic carbocycles. The van der Waals surface area contributed by atoms with E-state index in [-0.39, 0.29) is 36.8 Å². The lowest BCUT2D eigenvalue weighted by atomic mass is 10.0. The van der Waals surface area contributed by atoms with Crippen molar-refractivity contribution in [2.24, 2.45) is 0 Å². The minimum atomic E-state index is -0.374. The van der Waals surface area contributed by atoms with Crippen molar-refractivity contribution >= 4 is 11.8 Å². The highest BCUT2D eigenvalue weighted by molar-refractivity contribution is 5.84. The molecule has 0 aromatic heterocycles. The molecule has 4 heteroatoms. The number of aryl methyl sites for hydroxylation is 1. The van der Waals surface area contributed by atoms with Gasteiger partial charge in [0.15, 0.2) is 0 Å². The van der Waals surface area contributed by atoms with Gasteiger partial charge in [0.25, 0.3) is 0 Å². The number of carbonyl (C=O) groups excluding carboxylic acids is 2. The predicted molar refractivity (Wildman–Crippen MR) is 65.7 cm³/mol. The molecule has 0 saturated heterocycles.